The van der Waals surface area contributed by atoms with Crippen LogP contribution >= 0.6 is 15.9 Å². The van der Waals surface area contributed by atoms with Crippen molar-refractivity contribution in [1.29, 1.82) is 0 Å². The van der Waals surface area contributed by atoms with Gasteiger partial charge in [0.05, 0.1) is 18.2 Å². The number of halogens is 1. The second-order valence-corrected chi connectivity index (χ2v) is 8.68. The van der Waals surface area contributed by atoms with Crippen LogP contribution in [0.15, 0.2) is 52.5 Å². The number of benzene rings is 2. The molecule has 0 spiro atoms. The zero-order chi connectivity index (χ0) is 22.7. The van der Waals surface area contributed by atoms with Crippen LogP contribution in [0.2, 0.25) is 0 Å². The molecule has 1 heterocycles. The van der Waals surface area contributed by atoms with Crippen LogP contribution in [0, 0.1) is 6.92 Å². The number of rotatable bonds is 7. The Morgan fingerprint density at radius 3 is 2.42 bits per heavy atom. The van der Waals surface area contributed by atoms with Crippen molar-refractivity contribution in [1.82, 2.24) is 9.80 Å². The van der Waals surface area contributed by atoms with Gasteiger partial charge in [-0.1, -0.05) is 28.1 Å². The third-order valence-electron chi connectivity index (χ3n) is 5.26. The molecule has 1 N–H and O–H groups in total. The van der Waals surface area contributed by atoms with E-state index in [1.165, 1.54) is 0 Å². The number of ether oxygens (including phenoxy) is 1. The molecule has 31 heavy (non-hydrogen) atoms. The van der Waals surface area contributed by atoms with Crippen LogP contribution in [-0.4, -0.2) is 60.4 Å². The molecule has 1 unspecified atom stereocenters. The molecule has 0 aliphatic carbocycles. The fraction of sp³-hybridized carbons (Fsp3) is 0.333. The molecule has 2 aromatic rings. The van der Waals surface area contributed by atoms with E-state index in [-0.39, 0.29) is 11.3 Å². The maximum Gasteiger partial charge on any atom is 0.295 e. The monoisotopic (exact) mass is 486 g/mol. The Morgan fingerprint density at radius 1 is 1.16 bits per heavy atom. The van der Waals surface area contributed by atoms with Gasteiger partial charge in [-0.15, -0.1) is 0 Å². The van der Waals surface area contributed by atoms with Crippen molar-refractivity contribution >= 4 is 33.4 Å². The van der Waals surface area contributed by atoms with Crippen LogP contribution in [-0.2, 0) is 9.59 Å². The van der Waals surface area contributed by atoms with Gasteiger partial charge in [0, 0.05) is 23.1 Å². The van der Waals surface area contributed by atoms with Gasteiger partial charge in [-0.05, 0) is 69.4 Å². The summed E-state index contributed by atoms with van der Waals surface area (Å²) >= 11 is 3.42. The van der Waals surface area contributed by atoms with Gasteiger partial charge >= 0.3 is 0 Å². The Labute approximate surface area is 191 Å². The number of carbonyl (C=O) groups excluding carboxylic acids is 2. The summed E-state index contributed by atoms with van der Waals surface area (Å²) in [7, 11) is 3.82. The van der Waals surface area contributed by atoms with Gasteiger partial charge in [-0.2, -0.15) is 0 Å². The number of likely N-dealkylation sites (tertiary alicyclic amines) is 1. The lowest BCUT2D eigenvalue weighted by molar-refractivity contribution is -0.140. The Morgan fingerprint density at radius 2 is 1.84 bits per heavy atom. The fourth-order valence-corrected chi connectivity index (χ4v) is 3.94. The topological polar surface area (TPSA) is 70.1 Å². The van der Waals surface area contributed by atoms with Crippen LogP contribution in [0.3, 0.4) is 0 Å². The number of Topliss-reactive ketones (excluding diaryl/α,β-unsaturated/α-hetero) is 1. The summed E-state index contributed by atoms with van der Waals surface area (Å²) in [5.41, 5.74) is 2.20. The highest BCUT2D eigenvalue weighted by Crippen LogP contribution is 2.40. The lowest BCUT2D eigenvalue weighted by Crippen LogP contribution is -2.35. The van der Waals surface area contributed by atoms with Crippen LogP contribution < -0.4 is 4.74 Å². The first-order chi connectivity index (χ1) is 14.7. The summed E-state index contributed by atoms with van der Waals surface area (Å²) in [6.07, 6.45) is 0. The Hall–Kier alpha value is -2.64. The van der Waals surface area contributed by atoms with E-state index >= 15 is 0 Å². The van der Waals surface area contributed by atoms with Crippen molar-refractivity contribution in [2.24, 2.45) is 0 Å². The van der Waals surface area contributed by atoms with Gasteiger partial charge in [-0.25, -0.2) is 0 Å². The van der Waals surface area contributed by atoms with Crippen LogP contribution in [0.4, 0.5) is 0 Å². The molecule has 1 saturated heterocycles. The second-order valence-electron chi connectivity index (χ2n) is 7.76. The molecule has 164 valence electrons. The molecule has 0 aromatic heterocycles. The normalized spacial score (nSPS) is 18.1. The van der Waals surface area contributed by atoms with Crippen molar-refractivity contribution in [2.45, 2.75) is 19.9 Å². The van der Waals surface area contributed by atoms with Gasteiger partial charge < -0.3 is 19.6 Å². The third-order valence-corrected chi connectivity index (χ3v) is 5.79. The minimum absolute atomic E-state index is 0.106. The minimum atomic E-state index is -0.671. The molecule has 6 nitrogen and oxygen atoms in total. The highest BCUT2D eigenvalue weighted by Gasteiger charge is 2.45. The first-order valence-corrected chi connectivity index (χ1v) is 11.0. The maximum absolute atomic E-state index is 13.0. The maximum atomic E-state index is 13.0. The molecule has 1 atom stereocenters. The van der Waals surface area contributed by atoms with Crippen molar-refractivity contribution in [3.63, 3.8) is 0 Å². The second kappa shape index (κ2) is 9.66. The highest BCUT2D eigenvalue weighted by molar-refractivity contribution is 9.10. The van der Waals surface area contributed by atoms with E-state index in [1.807, 2.05) is 57.1 Å². The number of aliphatic hydroxyl groups is 1. The molecule has 3 rings (SSSR count). The average Bonchev–Trinajstić information content (AvgIpc) is 2.98. The Kier molecular flexibility index (Phi) is 7.18. The predicted molar refractivity (Wildman–Crippen MR) is 124 cm³/mol. The third kappa shape index (κ3) is 4.83. The van der Waals surface area contributed by atoms with Gasteiger partial charge in [0.2, 0.25) is 0 Å². The van der Waals surface area contributed by atoms with Gasteiger partial charge in [0.25, 0.3) is 11.7 Å². The van der Waals surface area contributed by atoms with E-state index in [4.69, 9.17) is 4.74 Å². The number of hydrogen-bond acceptors (Lipinski definition) is 5. The summed E-state index contributed by atoms with van der Waals surface area (Å²) in [5.74, 6) is -0.727. The number of hydrogen-bond donors (Lipinski definition) is 1. The van der Waals surface area contributed by atoms with Crippen LogP contribution in [0.5, 0.6) is 5.75 Å². The van der Waals surface area contributed by atoms with Crippen molar-refractivity contribution in [2.75, 3.05) is 33.8 Å². The van der Waals surface area contributed by atoms with Crippen LogP contribution in [0.1, 0.15) is 29.7 Å². The standard InChI is InChI=1S/C24H27BrN2O4/c1-5-31-19-11-8-17(14-15(19)2)22(28)20-21(16-6-9-18(25)10-7-16)27(13-12-26(3)4)24(30)23(20)29/h6-11,14,21,28H,5,12-13H2,1-4H3/b22-20+. The molecular formula is C24H27BrN2O4. The van der Waals surface area contributed by atoms with Crippen molar-refractivity contribution in [3.8, 4) is 5.75 Å². The number of aliphatic hydroxyl groups excluding tert-OH is 1. The van der Waals surface area contributed by atoms with Gasteiger partial charge in [0.1, 0.15) is 11.5 Å². The first kappa shape index (κ1) is 23.0. The largest absolute Gasteiger partial charge is 0.507 e. The minimum Gasteiger partial charge on any atom is -0.507 e. The fourth-order valence-electron chi connectivity index (χ4n) is 3.68. The molecule has 1 aliphatic rings. The highest BCUT2D eigenvalue weighted by atomic mass is 79.9. The van der Waals surface area contributed by atoms with E-state index < -0.39 is 17.7 Å². The molecule has 0 radical (unpaired) electrons. The van der Waals surface area contributed by atoms with E-state index in [0.29, 0.717) is 25.3 Å². The summed E-state index contributed by atoms with van der Waals surface area (Å²) in [6, 6.07) is 12.0. The number of amides is 1. The lowest BCUT2D eigenvalue weighted by atomic mass is 9.95. The Balaban J connectivity index is 2.12. The number of likely N-dealkylation sites (N-methyl/N-ethyl adjacent to an activating group) is 1. The van der Waals surface area contributed by atoms with Crippen molar-refractivity contribution < 1.29 is 19.4 Å². The summed E-state index contributed by atoms with van der Waals surface area (Å²) < 4.78 is 6.46. The summed E-state index contributed by atoms with van der Waals surface area (Å²) in [6.45, 7) is 5.29. The van der Waals surface area contributed by atoms with E-state index in [2.05, 4.69) is 15.9 Å². The SMILES string of the molecule is CCOc1ccc(/C(O)=C2\C(=O)C(=O)N(CCN(C)C)C2c2ccc(Br)cc2)cc1C. The zero-order valence-electron chi connectivity index (χ0n) is 18.2. The summed E-state index contributed by atoms with van der Waals surface area (Å²) in [5, 5.41) is 11.2. The van der Waals surface area contributed by atoms with E-state index in [1.54, 1.807) is 23.1 Å². The zero-order valence-corrected chi connectivity index (χ0v) is 19.8. The number of aryl methyl sites for hydroxylation is 1. The average molecular weight is 487 g/mol. The number of nitrogens with zero attached hydrogens (tertiary/aromatic N) is 2. The summed E-state index contributed by atoms with van der Waals surface area (Å²) in [4.78, 5) is 29.4. The van der Waals surface area contributed by atoms with Crippen molar-refractivity contribution in [3.05, 3.63) is 69.2 Å². The predicted octanol–water partition coefficient (Wildman–Crippen LogP) is 4.14. The molecular weight excluding hydrogens is 460 g/mol. The first-order valence-electron chi connectivity index (χ1n) is 10.2. The smallest absolute Gasteiger partial charge is 0.295 e. The molecule has 0 bridgehead atoms. The molecule has 1 amide bonds. The molecule has 1 aliphatic heterocycles. The van der Waals surface area contributed by atoms with Gasteiger partial charge in [0.15, 0.2) is 0 Å². The van der Waals surface area contributed by atoms with Gasteiger partial charge in [-0.3, -0.25) is 9.59 Å². The molecule has 7 heteroatoms. The van der Waals surface area contributed by atoms with E-state index in [0.717, 1.165) is 21.3 Å². The number of ketones is 1. The van der Waals surface area contributed by atoms with E-state index in [9.17, 15) is 14.7 Å². The lowest BCUT2D eigenvalue weighted by Gasteiger charge is -2.26. The molecule has 1 fully saturated rings. The van der Waals surface area contributed by atoms with Crippen LogP contribution in [0.25, 0.3) is 5.76 Å². The quantitative estimate of drug-likeness (QED) is 0.361. The Bertz CT molecular complexity index is 1010. The number of carbonyl (C=O) groups is 2. The molecule has 2 aromatic carbocycles. The molecule has 0 saturated carbocycles.